The van der Waals surface area contributed by atoms with Crippen molar-refractivity contribution in [1.29, 1.82) is 0 Å². The van der Waals surface area contributed by atoms with Crippen molar-refractivity contribution in [1.82, 2.24) is 10.2 Å². The molecule has 104 valence electrons. The second kappa shape index (κ2) is 5.57. The van der Waals surface area contributed by atoms with Gasteiger partial charge in [0.1, 0.15) is 0 Å². The second-order valence-corrected chi connectivity index (χ2v) is 5.96. The van der Waals surface area contributed by atoms with Crippen molar-refractivity contribution in [2.45, 2.75) is 38.6 Å². The predicted octanol–water partition coefficient (Wildman–Crippen LogP) is 1.26. The van der Waals surface area contributed by atoms with Crippen LogP contribution in [0.15, 0.2) is 0 Å². The minimum absolute atomic E-state index is 0.283. The zero-order chi connectivity index (χ0) is 13.2. The van der Waals surface area contributed by atoms with Gasteiger partial charge in [0.15, 0.2) is 0 Å². The maximum atomic E-state index is 12.8. The average molecular weight is 254 g/mol. The van der Waals surface area contributed by atoms with E-state index in [-0.39, 0.29) is 11.3 Å². The lowest BCUT2D eigenvalue weighted by Crippen LogP contribution is -2.52. The third-order valence-electron chi connectivity index (χ3n) is 4.67. The van der Waals surface area contributed by atoms with E-state index in [4.69, 9.17) is 4.74 Å². The van der Waals surface area contributed by atoms with E-state index in [0.29, 0.717) is 12.6 Å². The van der Waals surface area contributed by atoms with Crippen molar-refractivity contribution in [2.24, 2.45) is 11.3 Å². The van der Waals surface area contributed by atoms with Crippen LogP contribution in [0.2, 0.25) is 0 Å². The lowest BCUT2D eigenvalue weighted by molar-refractivity contribution is -0.148. The van der Waals surface area contributed by atoms with Gasteiger partial charge in [-0.1, -0.05) is 0 Å². The molecule has 1 saturated heterocycles. The molecule has 1 aliphatic carbocycles. The number of rotatable bonds is 5. The minimum Gasteiger partial charge on any atom is -0.384 e. The summed E-state index contributed by atoms with van der Waals surface area (Å²) in [4.78, 5) is 14.8. The Morgan fingerprint density at radius 2 is 2.06 bits per heavy atom. The standard InChI is InChI=1S/C14H26N2O2/c1-11(12-4-5-12)16(2)13(17)14(10-18-3)6-8-15-9-7-14/h11-12,15H,4-10H2,1-3H3. The Labute approximate surface area is 110 Å². The van der Waals surface area contributed by atoms with Crippen LogP contribution < -0.4 is 5.32 Å². The predicted molar refractivity (Wildman–Crippen MR) is 71.4 cm³/mol. The fraction of sp³-hybridized carbons (Fsp3) is 0.929. The highest BCUT2D eigenvalue weighted by molar-refractivity contribution is 5.83. The van der Waals surface area contributed by atoms with E-state index in [0.717, 1.165) is 31.8 Å². The van der Waals surface area contributed by atoms with Crippen molar-refractivity contribution in [2.75, 3.05) is 33.9 Å². The quantitative estimate of drug-likeness (QED) is 0.803. The largest absolute Gasteiger partial charge is 0.384 e. The monoisotopic (exact) mass is 254 g/mol. The van der Waals surface area contributed by atoms with Gasteiger partial charge in [0.25, 0.3) is 0 Å². The number of carbonyl (C=O) groups is 1. The molecule has 0 aromatic heterocycles. The number of ether oxygens (including phenoxy) is 1. The molecule has 0 bridgehead atoms. The number of nitrogens with zero attached hydrogens (tertiary/aromatic N) is 1. The highest BCUT2D eigenvalue weighted by Crippen LogP contribution is 2.38. The zero-order valence-corrected chi connectivity index (χ0v) is 11.9. The summed E-state index contributed by atoms with van der Waals surface area (Å²) >= 11 is 0. The molecule has 2 rings (SSSR count). The van der Waals surface area contributed by atoms with Crippen LogP contribution in [0.5, 0.6) is 0 Å². The number of carbonyl (C=O) groups excluding carboxylic acids is 1. The number of methoxy groups -OCH3 is 1. The molecule has 1 heterocycles. The average Bonchev–Trinajstić information content (AvgIpc) is 3.22. The highest BCUT2D eigenvalue weighted by Gasteiger charge is 2.44. The van der Waals surface area contributed by atoms with E-state index in [9.17, 15) is 4.79 Å². The summed E-state index contributed by atoms with van der Waals surface area (Å²) in [6.45, 7) is 4.56. The first kappa shape index (κ1) is 13.8. The number of nitrogens with one attached hydrogen (secondary N) is 1. The van der Waals surface area contributed by atoms with Crippen LogP contribution in [0.3, 0.4) is 0 Å². The smallest absolute Gasteiger partial charge is 0.231 e. The van der Waals surface area contributed by atoms with Crippen molar-refractivity contribution < 1.29 is 9.53 Å². The van der Waals surface area contributed by atoms with Gasteiger partial charge >= 0.3 is 0 Å². The van der Waals surface area contributed by atoms with Gasteiger partial charge in [-0.05, 0) is 51.6 Å². The SMILES string of the molecule is COCC1(C(=O)N(C)C(C)C2CC2)CCNCC1. The molecule has 1 unspecified atom stereocenters. The van der Waals surface area contributed by atoms with Crippen LogP contribution in [0.4, 0.5) is 0 Å². The van der Waals surface area contributed by atoms with Crippen molar-refractivity contribution >= 4 is 5.91 Å². The molecule has 1 aliphatic heterocycles. The lowest BCUT2D eigenvalue weighted by Gasteiger charge is -2.40. The lowest BCUT2D eigenvalue weighted by atomic mass is 9.78. The van der Waals surface area contributed by atoms with E-state index in [2.05, 4.69) is 12.2 Å². The summed E-state index contributed by atoms with van der Waals surface area (Å²) in [6, 6.07) is 0.376. The Morgan fingerprint density at radius 3 is 2.56 bits per heavy atom. The maximum absolute atomic E-state index is 12.8. The van der Waals surface area contributed by atoms with Gasteiger partial charge < -0.3 is 15.0 Å². The van der Waals surface area contributed by atoms with Crippen molar-refractivity contribution in [3.05, 3.63) is 0 Å². The molecular weight excluding hydrogens is 228 g/mol. The molecule has 1 N–H and O–H groups in total. The third-order valence-corrected chi connectivity index (χ3v) is 4.67. The van der Waals surface area contributed by atoms with Gasteiger partial charge in [-0.3, -0.25) is 4.79 Å². The number of piperidine rings is 1. The summed E-state index contributed by atoms with van der Waals surface area (Å²) in [5, 5.41) is 3.33. The Balaban J connectivity index is 2.06. The molecule has 0 radical (unpaired) electrons. The van der Waals surface area contributed by atoms with Crippen molar-refractivity contribution in [3.8, 4) is 0 Å². The van der Waals surface area contributed by atoms with Crippen LogP contribution in [0, 0.1) is 11.3 Å². The molecule has 4 heteroatoms. The fourth-order valence-corrected chi connectivity index (χ4v) is 3.06. The van der Waals surface area contributed by atoms with Gasteiger partial charge in [-0.15, -0.1) is 0 Å². The second-order valence-electron chi connectivity index (χ2n) is 5.96. The van der Waals surface area contributed by atoms with Crippen LogP contribution in [-0.2, 0) is 9.53 Å². The summed E-state index contributed by atoms with van der Waals surface area (Å²) in [6.07, 6.45) is 4.33. The van der Waals surface area contributed by atoms with E-state index in [1.54, 1.807) is 7.11 Å². The van der Waals surface area contributed by atoms with Crippen LogP contribution in [-0.4, -0.2) is 50.7 Å². The first-order valence-electron chi connectivity index (χ1n) is 7.08. The molecule has 0 aromatic carbocycles. The number of hydrogen-bond donors (Lipinski definition) is 1. The van der Waals surface area contributed by atoms with Crippen molar-refractivity contribution in [3.63, 3.8) is 0 Å². The molecule has 4 nitrogen and oxygen atoms in total. The summed E-state index contributed by atoms with van der Waals surface area (Å²) in [5.74, 6) is 1.01. The summed E-state index contributed by atoms with van der Waals surface area (Å²) in [7, 11) is 3.66. The zero-order valence-electron chi connectivity index (χ0n) is 11.9. The molecule has 1 atom stereocenters. The minimum atomic E-state index is -0.294. The fourth-order valence-electron chi connectivity index (χ4n) is 3.06. The van der Waals surface area contributed by atoms with E-state index < -0.39 is 0 Å². The summed E-state index contributed by atoms with van der Waals surface area (Å²) < 4.78 is 5.34. The molecule has 1 amide bonds. The van der Waals surface area contributed by atoms with Gasteiger partial charge in [0, 0.05) is 20.2 Å². The Morgan fingerprint density at radius 1 is 1.44 bits per heavy atom. The first-order chi connectivity index (χ1) is 8.60. The van der Waals surface area contributed by atoms with E-state index >= 15 is 0 Å². The summed E-state index contributed by atoms with van der Waals surface area (Å²) in [5.41, 5.74) is -0.294. The third kappa shape index (κ3) is 2.69. The normalized spacial score (nSPS) is 24.6. The highest BCUT2D eigenvalue weighted by atomic mass is 16.5. The number of amides is 1. The molecule has 1 saturated carbocycles. The maximum Gasteiger partial charge on any atom is 0.231 e. The first-order valence-corrected chi connectivity index (χ1v) is 7.08. The van der Waals surface area contributed by atoms with Gasteiger partial charge in [-0.2, -0.15) is 0 Å². The van der Waals surface area contributed by atoms with Crippen LogP contribution in [0.25, 0.3) is 0 Å². The van der Waals surface area contributed by atoms with E-state index in [1.807, 2.05) is 11.9 Å². The molecule has 18 heavy (non-hydrogen) atoms. The molecule has 2 aliphatic rings. The topological polar surface area (TPSA) is 41.6 Å². The Kier molecular flexibility index (Phi) is 4.28. The van der Waals surface area contributed by atoms with Crippen LogP contribution in [0.1, 0.15) is 32.6 Å². The van der Waals surface area contributed by atoms with E-state index in [1.165, 1.54) is 12.8 Å². The van der Waals surface area contributed by atoms with Gasteiger partial charge in [-0.25, -0.2) is 0 Å². The molecule has 0 spiro atoms. The Bertz CT molecular complexity index is 291. The molecule has 2 fully saturated rings. The van der Waals surface area contributed by atoms with Gasteiger partial charge in [0.05, 0.1) is 12.0 Å². The molecule has 0 aromatic rings. The van der Waals surface area contributed by atoms with Gasteiger partial charge in [0.2, 0.25) is 5.91 Å². The van der Waals surface area contributed by atoms with Crippen LogP contribution >= 0.6 is 0 Å². The molecular formula is C14H26N2O2. The Hall–Kier alpha value is -0.610. The number of hydrogen-bond acceptors (Lipinski definition) is 3.